The molecule has 2 aromatic rings. The topological polar surface area (TPSA) is 9.23 Å². The van der Waals surface area contributed by atoms with E-state index < -0.39 is 0 Å². The zero-order valence-corrected chi connectivity index (χ0v) is 10.4. The first-order chi connectivity index (χ1) is 8.27. The van der Waals surface area contributed by atoms with Crippen LogP contribution in [0.25, 0.3) is 10.8 Å². The van der Waals surface area contributed by atoms with Gasteiger partial charge in [-0.2, -0.15) is 0 Å². The van der Waals surface area contributed by atoms with Crippen LogP contribution >= 0.6 is 0 Å². The molecule has 1 heteroatoms. The van der Waals surface area contributed by atoms with Gasteiger partial charge in [-0.1, -0.05) is 50.2 Å². The van der Waals surface area contributed by atoms with Crippen molar-refractivity contribution in [2.24, 2.45) is 0 Å². The van der Waals surface area contributed by atoms with Crippen molar-refractivity contribution in [3.8, 4) is 0 Å². The van der Waals surface area contributed by atoms with Crippen molar-refractivity contribution in [3.05, 3.63) is 47.5 Å². The third-order valence-electron chi connectivity index (χ3n) is 3.67. The Morgan fingerprint density at radius 2 is 1.76 bits per heavy atom. The number of rotatable bonds is 2. The molecule has 1 aliphatic heterocycles. The standard InChI is InChI=1S/C16H18O/c1-11(2)14-7-3-5-12-6-4-8-15(16(12)14)13-9-17-10-13/h3-8,11,13H,9-10H2,1-2H3. The molecule has 3 rings (SSSR count). The van der Waals surface area contributed by atoms with Gasteiger partial charge in [0.25, 0.3) is 0 Å². The van der Waals surface area contributed by atoms with Crippen LogP contribution in [0.15, 0.2) is 36.4 Å². The van der Waals surface area contributed by atoms with Crippen LogP contribution in [0.5, 0.6) is 0 Å². The number of hydrogen-bond acceptors (Lipinski definition) is 1. The molecule has 1 saturated heterocycles. The summed E-state index contributed by atoms with van der Waals surface area (Å²) in [6, 6.07) is 13.3. The average Bonchev–Trinajstić information content (AvgIpc) is 2.26. The van der Waals surface area contributed by atoms with Crippen molar-refractivity contribution >= 4 is 10.8 Å². The minimum atomic E-state index is 0.570. The van der Waals surface area contributed by atoms with Crippen LogP contribution in [0.3, 0.4) is 0 Å². The summed E-state index contributed by atoms with van der Waals surface area (Å²) < 4.78 is 5.34. The highest BCUT2D eigenvalue weighted by atomic mass is 16.5. The van der Waals surface area contributed by atoms with Crippen molar-refractivity contribution in [3.63, 3.8) is 0 Å². The maximum absolute atomic E-state index is 5.34. The van der Waals surface area contributed by atoms with Crippen LogP contribution in [-0.4, -0.2) is 13.2 Å². The maximum Gasteiger partial charge on any atom is 0.0557 e. The molecule has 0 radical (unpaired) electrons. The Kier molecular flexibility index (Phi) is 2.64. The van der Waals surface area contributed by atoms with Crippen LogP contribution < -0.4 is 0 Å². The molecule has 2 aromatic carbocycles. The smallest absolute Gasteiger partial charge is 0.0557 e. The predicted molar refractivity (Wildman–Crippen MR) is 71.6 cm³/mol. The van der Waals surface area contributed by atoms with Crippen LogP contribution in [0.2, 0.25) is 0 Å². The summed E-state index contributed by atoms with van der Waals surface area (Å²) in [5.74, 6) is 1.17. The fourth-order valence-corrected chi connectivity index (χ4v) is 2.64. The van der Waals surface area contributed by atoms with E-state index in [-0.39, 0.29) is 0 Å². The Morgan fingerprint density at radius 3 is 2.35 bits per heavy atom. The highest BCUT2D eigenvalue weighted by molar-refractivity contribution is 5.89. The van der Waals surface area contributed by atoms with E-state index in [1.807, 2.05) is 0 Å². The van der Waals surface area contributed by atoms with Gasteiger partial charge in [-0.25, -0.2) is 0 Å². The van der Waals surface area contributed by atoms with Gasteiger partial charge in [0.05, 0.1) is 13.2 Å². The van der Waals surface area contributed by atoms with Gasteiger partial charge in [-0.05, 0) is 27.8 Å². The Bertz CT molecular complexity index is 533. The summed E-state index contributed by atoms with van der Waals surface area (Å²) in [6.45, 7) is 6.29. The lowest BCUT2D eigenvalue weighted by Crippen LogP contribution is -2.25. The first kappa shape index (κ1) is 10.8. The lowest BCUT2D eigenvalue weighted by Gasteiger charge is -2.28. The van der Waals surface area contributed by atoms with E-state index in [9.17, 15) is 0 Å². The lowest BCUT2D eigenvalue weighted by atomic mass is 9.87. The zero-order valence-electron chi connectivity index (χ0n) is 10.4. The van der Waals surface area contributed by atoms with E-state index in [4.69, 9.17) is 4.74 Å². The van der Waals surface area contributed by atoms with Gasteiger partial charge >= 0.3 is 0 Å². The Labute approximate surface area is 102 Å². The molecule has 0 saturated carbocycles. The van der Waals surface area contributed by atoms with E-state index in [1.165, 1.54) is 21.9 Å². The number of hydrogen-bond donors (Lipinski definition) is 0. The molecule has 0 aromatic heterocycles. The van der Waals surface area contributed by atoms with Gasteiger partial charge in [0.2, 0.25) is 0 Å². The van der Waals surface area contributed by atoms with E-state index in [1.54, 1.807) is 0 Å². The van der Waals surface area contributed by atoms with Crippen molar-refractivity contribution in [1.82, 2.24) is 0 Å². The molecular formula is C16H18O. The number of benzene rings is 2. The van der Waals surface area contributed by atoms with E-state index in [2.05, 4.69) is 50.2 Å². The average molecular weight is 226 g/mol. The maximum atomic E-state index is 5.34. The first-order valence-corrected chi connectivity index (χ1v) is 6.36. The molecular weight excluding hydrogens is 208 g/mol. The molecule has 0 atom stereocenters. The van der Waals surface area contributed by atoms with E-state index >= 15 is 0 Å². The SMILES string of the molecule is CC(C)c1cccc2cccc(C3COC3)c12. The number of fused-ring (bicyclic) bond motifs is 1. The largest absolute Gasteiger partial charge is 0.380 e. The second kappa shape index (κ2) is 4.15. The van der Waals surface area contributed by atoms with Gasteiger partial charge in [0.1, 0.15) is 0 Å². The van der Waals surface area contributed by atoms with Crippen LogP contribution in [0, 0.1) is 0 Å². The van der Waals surface area contributed by atoms with Crippen molar-refractivity contribution in [1.29, 1.82) is 0 Å². The molecule has 1 aliphatic rings. The fourth-order valence-electron chi connectivity index (χ4n) is 2.64. The number of ether oxygens (including phenoxy) is 1. The Balaban J connectivity index is 2.26. The Morgan fingerprint density at radius 1 is 1.06 bits per heavy atom. The molecule has 0 aliphatic carbocycles. The molecule has 0 spiro atoms. The van der Waals surface area contributed by atoms with Crippen LogP contribution in [-0.2, 0) is 4.74 Å². The van der Waals surface area contributed by atoms with Gasteiger partial charge in [0.15, 0.2) is 0 Å². The fraction of sp³-hybridized carbons (Fsp3) is 0.375. The van der Waals surface area contributed by atoms with Crippen molar-refractivity contribution in [2.75, 3.05) is 13.2 Å². The third kappa shape index (κ3) is 1.75. The second-order valence-corrected chi connectivity index (χ2v) is 5.18. The highest BCUT2D eigenvalue weighted by Gasteiger charge is 2.23. The van der Waals surface area contributed by atoms with Crippen LogP contribution in [0.4, 0.5) is 0 Å². The zero-order chi connectivity index (χ0) is 11.8. The van der Waals surface area contributed by atoms with Gasteiger partial charge in [-0.15, -0.1) is 0 Å². The molecule has 0 N–H and O–H groups in total. The minimum Gasteiger partial charge on any atom is -0.380 e. The summed E-state index contributed by atoms with van der Waals surface area (Å²) in [5.41, 5.74) is 2.93. The molecule has 88 valence electrons. The molecule has 0 amide bonds. The first-order valence-electron chi connectivity index (χ1n) is 6.36. The summed E-state index contributed by atoms with van der Waals surface area (Å²) in [7, 11) is 0. The van der Waals surface area contributed by atoms with Gasteiger partial charge < -0.3 is 4.74 Å². The third-order valence-corrected chi connectivity index (χ3v) is 3.67. The van der Waals surface area contributed by atoms with Crippen LogP contribution in [0.1, 0.15) is 36.8 Å². The molecule has 0 bridgehead atoms. The molecule has 1 heterocycles. The normalized spacial score (nSPS) is 16.4. The van der Waals surface area contributed by atoms with E-state index in [0.717, 1.165) is 13.2 Å². The monoisotopic (exact) mass is 226 g/mol. The summed E-state index contributed by atoms with van der Waals surface area (Å²) in [4.78, 5) is 0. The van der Waals surface area contributed by atoms with Crippen molar-refractivity contribution in [2.45, 2.75) is 25.7 Å². The summed E-state index contributed by atoms with van der Waals surface area (Å²) in [5, 5.41) is 2.82. The molecule has 1 fully saturated rings. The second-order valence-electron chi connectivity index (χ2n) is 5.18. The predicted octanol–water partition coefficient (Wildman–Crippen LogP) is 4.08. The van der Waals surface area contributed by atoms with Crippen molar-refractivity contribution < 1.29 is 4.74 Å². The minimum absolute atomic E-state index is 0.570. The molecule has 17 heavy (non-hydrogen) atoms. The summed E-state index contributed by atoms with van der Waals surface area (Å²) >= 11 is 0. The molecule has 0 unspecified atom stereocenters. The molecule has 1 nitrogen and oxygen atoms in total. The van der Waals surface area contributed by atoms with E-state index in [0.29, 0.717) is 11.8 Å². The highest BCUT2D eigenvalue weighted by Crippen LogP contribution is 2.35. The summed E-state index contributed by atoms with van der Waals surface area (Å²) in [6.07, 6.45) is 0. The quantitative estimate of drug-likeness (QED) is 0.749. The van der Waals surface area contributed by atoms with Gasteiger partial charge in [-0.3, -0.25) is 0 Å². The lowest BCUT2D eigenvalue weighted by molar-refractivity contribution is 0.00899. The Hall–Kier alpha value is -1.34. The van der Waals surface area contributed by atoms with Gasteiger partial charge in [0, 0.05) is 5.92 Å².